The number of benzene rings is 4. The predicted octanol–water partition coefficient (Wildman–Crippen LogP) is 6.82. The van der Waals surface area contributed by atoms with E-state index < -0.39 is 5.97 Å². The average Bonchev–Trinajstić information content (AvgIpc) is 3.00. The first-order valence-electron chi connectivity index (χ1n) is 13.2. The molecule has 1 atom stereocenters. The van der Waals surface area contributed by atoms with Crippen molar-refractivity contribution in [1.82, 2.24) is 10.3 Å². The first-order valence-corrected chi connectivity index (χ1v) is 13.2. The molecule has 1 amide bonds. The minimum Gasteiger partial charge on any atom is -0.489 e. The summed E-state index contributed by atoms with van der Waals surface area (Å²) in [6.07, 6.45) is 0. The molecule has 0 aliphatic carbocycles. The second-order valence-electron chi connectivity index (χ2n) is 9.55. The summed E-state index contributed by atoms with van der Waals surface area (Å²) in [5, 5.41) is 3.55. The summed E-state index contributed by atoms with van der Waals surface area (Å²) in [7, 11) is 0. The summed E-state index contributed by atoms with van der Waals surface area (Å²) in [6.45, 7) is 3.83. The molecule has 0 saturated heterocycles. The number of rotatable bonds is 9. The Hall–Kier alpha value is -4.97. The molecule has 5 rings (SSSR count). The van der Waals surface area contributed by atoms with E-state index >= 15 is 0 Å². The van der Waals surface area contributed by atoms with Gasteiger partial charge in [-0.25, -0.2) is 9.78 Å². The Kier molecular flexibility index (Phi) is 8.16. The number of amides is 1. The Morgan fingerprint density at radius 1 is 0.825 bits per heavy atom. The van der Waals surface area contributed by atoms with Crippen LogP contribution in [0.1, 0.15) is 40.0 Å². The fraction of sp³-hybridized carbons (Fsp3) is 0.147. The van der Waals surface area contributed by atoms with E-state index in [4.69, 9.17) is 14.5 Å². The molecule has 4 aromatic carbocycles. The Morgan fingerprint density at radius 3 is 2.20 bits per heavy atom. The summed E-state index contributed by atoms with van der Waals surface area (Å²) in [5.74, 6) is -0.198. The molecule has 5 aromatic rings. The summed E-state index contributed by atoms with van der Waals surface area (Å²) in [5.41, 5.74) is 5.32. The quantitative estimate of drug-likeness (QED) is 0.212. The van der Waals surface area contributed by atoms with Crippen LogP contribution in [0, 0.1) is 6.92 Å². The number of nitrogens with one attached hydrogen (secondary N) is 1. The smallest absolute Gasteiger partial charge is 0.339 e. The number of hydrogen-bond acceptors (Lipinski definition) is 5. The molecule has 0 bridgehead atoms. The highest BCUT2D eigenvalue weighted by atomic mass is 16.5. The highest BCUT2D eigenvalue weighted by molar-refractivity contribution is 6.06. The second kappa shape index (κ2) is 12.3. The molecular weight excluding hydrogens is 500 g/mol. The monoisotopic (exact) mass is 530 g/mol. The zero-order valence-corrected chi connectivity index (χ0v) is 22.5. The average molecular weight is 531 g/mol. The number of pyridine rings is 1. The van der Waals surface area contributed by atoms with Crippen molar-refractivity contribution in [2.45, 2.75) is 26.5 Å². The number of nitrogens with zero attached hydrogens (tertiary/aromatic N) is 1. The molecule has 0 unspecified atom stereocenters. The standard InChI is InChI=1S/C34H30N2O4/c1-23-32(34(38)40-22-31(37)35-24(2)26-13-7-4-8-14-26)29-15-9-10-16-30(29)36-33(23)27-17-19-28(20-18-27)39-21-25-11-5-3-6-12-25/h3-20,24H,21-22H2,1-2H3,(H,35,37)/t24-/m0/s1. The Bertz CT molecular complexity index is 1620. The largest absolute Gasteiger partial charge is 0.489 e. The lowest BCUT2D eigenvalue weighted by Crippen LogP contribution is -2.31. The predicted molar refractivity (Wildman–Crippen MR) is 156 cm³/mol. The molecule has 0 aliphatic rings. The van der Waals surface area contributed by atoms with Crippen LogP contribution in [0.3, 0.4) is 0 Å². The van der Waals surface area contributed by atoms with E-state index in [1.54, 1.807) is 0 Å². The van der Waals surface area contributed by atoms with Crippen molar-refractivity contribution in [2.75, 3.05) is 6.61 Å². The van der Waals surface area contributed by atoms with E-state index in [1.165, 1.54) is 0 Å². The van der Waals surface area contributed by atoms with E-state index in [2.05, 4.69) is 5.32 Å². The van der Waals surface area contributed by atoms with Crippen LogP contribution in [-0.4, -0.2) is 23.5 Å². The Labute approximate surface area is 233 Å². The van der Waals surface area contributed by atoms with Gasteiger partial charge in [-0.1, -0.05) is 78.9 Å². The number of esters is 1. The van der Waals surface area contributed by atoms with Crippen LogP contribution < -0.4 is 10.1 Å². The molecule has 6 nitrogen and oxygen atoms in total. The number of aromatic nitrogens is 1. The van der Waals surface area contributed by atoms with Crippen LogP contribution in [0.15, 0.2) is 109 Å². The highest BCUT2D eigenvalue weighted by Gasteiger charge is 2.21. The third kappa shape index (κ3) is 6.18. The van der Waals surface area contributed by atoms with Crippen molar-refractivity contribution < 1.29 is 19.1 Å². The van der Waals surface area contributed by atoms with Crippen LogP contribution >= 0.6 is 0 Å². The molecule has 1 aromatic heterocycles. The maximum atomic E-state index is 13.3. The first-order chi connectivity index (χ1) is 19.5. The van der Waals surface area contributed by atoms with Crippen molar-refractivity contribution in [1.29, 1.82) is 0 Å². The SMILES string of the molecule is Cc1c(-c2ccc(OCc3ccccc3)cc2)nc2ccccc2c1C(=O)OCC(=O)N[C@@H](C)c1ccccc1. The molecule has 0 fully saturated rings. The third-order valence-corrected chi connectivity index (χ3v) is 6.73. The van der Waals surface area contributed by atoms with Gasteiger partial charge in [-0.3, -0.25) is 4.79 Å². The molecule has 6 heteroatoms. The van der Waals surface area contributed by atoms with Gasteiger partial charge >= 0.3 is 5.97 Å². The van der Waals surface area contributed by atoms with Gasteiger partial charge in [0.25, 0.3) is 5.91 Å². The van der Waals surface area contributed by atoms with Crippen molar-refractivity contribution in [2.24, 2.45) is 0 Å². The number of hydrogen-bond donors (Lipinski definition) is 1. The molecule has 200 valence electrons. The van der Waals surface area contributed by atoms with Crippen molar-refractivity contribution in [3.63, 3.8) is 0 Å². The minimum absolute atomic E-state index is 0.206. The van der Waals surface area contributed by atoms with E-state index in [-0.39, 0.29) is 18.6 Å². The van der Waals surface area contributed by atoms with Crippen molar-refractivity contribution in [3.8, 4) is 17.0 Å². The maximum Gasteiger partial charge on any atom is 0.339 e. The number of ether oxygens (including phenoxy) is 2. The number of carbonyl (C=O) groups is 2. The molecule has 1 N–H and O–H groups in total. The third-order valence-electron chi connectivity index (χ3n) is 6.73. The van der Waals surface area contributed by atoms with E-state index in [9.17, 15) is 9.59 Å². The summed E-state index contributed by atoms with van der Waals surface area (Å²) in [4.78, 5) is 30.8. The summed E-state index contributed by atoms with van der Waals surface area (Å²) in [6, 6.07) is 34.5. The summed E-state index contributed by atoms with van der Waals surface area (Å²) >= 11 is 0. The van der Waals surface area contributed by atoms with Crippen LogP contribution in [0.5, 0.6) is 5.75 Å². The van der Waals surface area contributed by atoms with Gasteiger partial charge in [-0.15, -0.1) is 0 Å². The Balaban J connectivity index is 1.33. The molecule has 0 spiro atoms. The van der Waals surface area contributed by atoms with E-state index in [1.807, 2.05) is 123 Å². The topological polar surface area (TPSA) is 77.5 Å². The first kappa shape index (κ1) is 26.6. The summed E-state index contributed by atoms with van der Waals surface area (Å²) < 4.78 is 11.4. The lowest BCUT2D eigenvalue weighted by molar-refractivity contribution is -0.124. The van der Waals surface area contributed by atoms with Gasteiger partial charge < -0.3 is 14.8 Å². The van der Waals surface area contributed by atoms with Crippen LogP contribution in [0.2, 0.25) is 0 Å². The zero-order valence-electron chi connectivity index (χ0n) is 22.5. The van der Waals surface area contributed by atoms with Crippen LogP contribution in [0.25, 0.3) is 22.2 Å². The van der Waals surface area contributed by atoms with E-state index in [0.717, 1.165) is 22.4 Å². The second-order valence-corrected chi connectivity index (χ2v) is 9.55. The van der Waals surface area contributed by atoms with Gasteiger partial charge in [0.05, 0.1) is 22.8 Å². The molecule has 0 aliphatic heterocycles. The van der Waals surface area contributed by atoms with Gasteiger partial charge in [0.2, 0.25) is 0 Å². The van der Waals surface area contributed by atoms with E-state index in [0.29, 0.717) is 34.3 Å². The number of carbonyl (C=O) groups excluding carboxylic acids is 2. The highest BCUT2D eigenvalue weighted by Crippen LogP contribution is 2.31. The molecular formula is C34H30N2O4. The van der Waals surface area contributed by atoms with Crippen molar-refractivity contribution in [3.05, 3.63) is 131 Å². The fourth-order valence-electron chi connectivity index (χ4n) is 4.61. The van der Waals surface area contributed by atoms with Crippen LogP contribution in [0.4, 0.5) is 0 Å². The number of para-hydroxylation sites is 1. The minimum atomic E-state index is -0.567. The lowest BCUT2D eigenvalue weighted by Gasteiger charge is -2.16. The van der Waals surface area contributed by atoms with Gasteiger partial charge in [0.1, 0.15) is 12.4 Å². The molecule has 40 heavy (non-hydrogen) atoms. The lowest BCUT2D eigenvalue weighted by atomic mass is 9.97. The van der Waals surface area contributed by atoms with Gasteiger partial charge in [0.15, 0.2) is 6.61 Å². The number of fused-ring (bicyclic) bond motifs is 1. The van der Waals surface area contributed by atoms with Gasteiger partial charge in [-0.2, -0.15) is 0 Å². The normalized spacial score (nSPS) is 11.6. The molecule has 0 radical (unpaired) electrons. The molecule has 1 heterocycles. The molecule has 0 saturated carbocycles. The fourth-order valence-corrected chi connectivity index (χ4v) is 4.61. The Morgan fingerprint density at radius 2 is 1.48 bits per heavy atom. The maximum absolute atomic E-state index is 13.3. The van der Waals surface area contributed by atoms with Gasteiger partial charge in [-0.05, 0) is 60.9 Å². The van der Waals surface area contributed by atoms with Gasteiger partial charge in [0, 0.05) is 10.9 Å². The van der Waals surface area contributed by atoms with Crippen LogP contribution in [-0.2, 0) is 16.1 Å². The van der Waals surface area contributed by atoms with Crippen molar-refractivity contribution >= 4 is 22.8 Å². The zero-order chi connectivity index (χ0) is 27.9.